The van der Waals surface area contributed by atoms with Crippen molar-refractivity contribution in [3.05, 3.63) is 62.5 Å². The van der Waals surface area contributed by atoms with Crippen molar-refractivity contribution >= 4 is 31.9 Å². The van der Waals surface area contributed by atoms with Crippen molar-refractivity contribution in [1.82, 2.24) is 5.32 Å². The largest absolute Gasteiger partial charge is 0.496 e. The summed E-state index contributed by atoms with van der Waals surface area (Å²) in [4.78, 5) is 0. The van der Waals surface area contributed by atoms with Gasteiger partial charge in [0, 0.05) is 10.5 Å². The highest BCUT2D eigenvalue weighted by Crippen LogP contribution is 2.29. The zero-order chi connectivity index (χ0) is 14.5. The Bertz CT molecular complexity index is 586. The molecule has 0 amide bonds. The van der Waals surface area contributed by atoms with E-state index in [1.165, 1.54) is 11.1 Å². The number of nitrogens with one attached hydrogen (secondary N) is 1. The van der Waals surface area contributed by atoms with Gasteiger partial charge in [-0.2, -0.15) is 0 Å². The number of halogens is 2. The maximum Gasteiger partial charge on any atom is 0.133 e. The summed E-state index contributed by atoms with van der Waals surface area (Å²) in [5.74, 6) is 0.857. The Balaban J connectivity index is 2.23. The molecule has 20 heavy (non-hydrogen) atoms. The Labute approximate surface area is 136 Å². The number of benzene rings is 2. The van der Waals surface area contributed by atoms with Gasteiger partial charge in [-0.3, -0.25) is 0 Å². The van der Waals surface area contributed by atoms with E-state index in [4.69, 9.17) is 4.74 Å². The first-order valence-corrected chi connectivity index (χ1v) is 7.98. The van der Waals surface area contributed by atoms with E-state index >= 15 is 0 Å². The first-order chi connectivity index (χ1) is 9.65. The first kappa shape index (κ1) is 15.5. The molecular weight excluding hydrogens is 382 g/mol. The van der Waals surface area contributed by atoms with E-state index in [0.29, 0.717) is 0 Å². The van der Waals surface area contributed by atoms with E-state index < -0.39 is 0 Å². The van der Waals surface area contributed by atoms with Crippen LogP contribution in [0.5, 0.6) is 5.75 Å². The Hall–Kier alpha value is -0.840. The topological polar surface area (TPSA) is 21.3 Å². The van der Waals surface area contributed by atoms with Crippen molar-refractivity contribution in [3.8, 4) is 5.75 Å². The molecule has 1 unspecified atom stereocenters. The van der Waals surface area contributed by atoms with Crippen LogP contribution in [-0.4, -0.2) is 14.2 Å². The fourth-order valence-corrected chi connectivity index (χ4v) is 3.35. The standard InChI is InChI=1S/C16H17Br2NO/c1-19-15(12-5-3-4-6-13(12)17)10-11-7-8-16(20-2)14(18)9-11/h3-9,15,19H,10H2,1-2H3. The second-order valence-corrected chi connectivity index (χ2v) is 6.24. The van der Waals surface area contributed by atoms with Gasteiger partial charge in [0.15, 0.2) is 0 Å². The monoisotopic (exact) mass is 397 g/mol. The summed E-state index contributed by atoms with van der Waals surface area (Å²) in [7, 11) is 3.67. The molecule has 0 heterocycles. The van der Waals surface area contributed by atoms with Gasteiger partial charge in [0.05, 0.1) is 11.6 Å². The van der Waals surface area contributed by atoms with Crippen LogP contribution in [0.3, 0.4) is 0 Å². The van der Waals surface area contributed by atoms with Crippen molar-refractivity contribution in [3.63, 3.8) is 0 Å². The molecule has 0 aliphatic heterocycles. The number of rotatable bonds is 5. The van der Waals surface area contributed by atoms with Crippen LogP contribution in [0.2, 0.25) is 0 Å². The molecule has 0 fully saturated rings. The van der Waals surface area contributed by atoms with Gasteiger partial charge in [-0.15, -0.1) is 0 Å². The van der Waals surface area contributed by atoms with Crippen LogP contribution in [0.15, 0.2) is 51.4 Å². The maximum atomic E-state index is 5.27. The van der Waals surface area contributed by atoms with Crippen LogP contribution >= 0.6 is 31.9 Å². The average Bonchev–Trinajstić information content (AvgIpc) is 2.46. The molecule has 0 aromatic heterocycles. The Morgan fingerprint density at radius 2 is 1.85 bits per heavy atom. The highest BCUT2D eigenvalue weighted by Gasteiger charge is 2.13. The lowest BCUT2D eigenvalue weighted by Gasteiger charge is -2.18. The summed E-state index contributed by atoms with van der Waals surface area (Å²) in [5.41, 5.74) is 2.52. The number of ether oxygens (including phenoxy) is 1. The predicted octanol–water partition coefficient (Wildman–Crippen LogP) is 4.72. The summed E-state index contributed by atoms with van der Waals surface area (Å²) < 4.78 is 7.38. The van der Waals surface area contributed by atoms with E-state index in [2.05, 4.69) is 67.5 Å². The van der Waals surface area contributed by atoms with E-state index in [-0.39, 0.29) is 6.04 Å². The minimum Gasteiger partial charge on any atom is -0.496 e. The summed E-state index contributed by atoms with van der Waals surface area (Å²) in [5, 5.41) is 3.38. The van der Waals surface area contributed by atoms with Crippen molar-refractivity contribution in [2.75, 3.05) is 14.2 Å². The molecule has 2 nitrogen and oxygen atoms in total. The number of hydrogen-bond acceptors (Lipinski definition) is 2. The summed E-state index contributed by atoms with van der Waals surface area (Å²) in [6.45, 7) is 0. The van der Waals surface area contributed by atoms with Gasteiger partial charge >= 0.3 is 0 Å². The van der Waals surface area contributed by atoms with Gasteiger partial charge in [-0.05, 0) is 58.7 Å². The molecule has 2 aromatic rings. The van der Waals surface area contributed by atoms with Crippen molar-refractivity contribution < 1.29 is 4.74 Å². The maximum absolute atomic E-state index is 5.27. The minimum absolute atomic E-state index is 0.269. The molecule has 0 spiro atoms. The third-order valence-corrected chi connectivity index (χ3v) is 4.63. The van der Waals surface area contributed by atoms with Crippen LogP contribution in [0.1, 0.15) is 17.2 Å². The average molecular weight is 399 g/mol. The van der Waals surface area contributed by atoms with E-state index in [1.54, 1.807) is 7.11 Å². The minimum atomic E-state index is 0.269. The van der Waals surface area contributed by atoms with Gasteiger partial charge in [0.1, 0.15) is 5.75 Å². The van der Waals surface area contributed by atoms with Gasteiger partial charge in [-0.25, -0.2) is 0 Å². The molecule has 0 aliphatic carbocycles. The van der Waals surface area contributed by atoms with E-state index in [1.807, 2.05) is 19.2 Å². The summed E-state index contributed by atoms with van der Waals surface area (Å²) in [6.07, 6.45) is 0.918. The van der Waals surface area contributed by atoms with Crippen LogP contribution in [0.4, 0.5) is 0 Å². The molecule has 0 bridgehead atoms. The van der Waals surface area contributed by atoms with Gasteiger partial charge in [0.2, 0.25) is 0 Å². The van der Waals surface area contributed by atoms with Crippen LogP contribution in [-0.2, 0) is 6.42 Å². The predicted molar refractivity (Wildman–Crippen MR) is 90.3 cm³/mol. The Morgan fingerprint density at radius 3 is 2.45 bits per heavy atom. The lowest BCUT2D eigenvalue weighted by Crippen LogP contribution is -2.19. The quantitative estimate of drug-likeness (QED) is 0.786. The fourth-order valence-electron chi connectivity index (χ4n) is 2.20. The molecular formula is C16H17Br2NO. The lowest BCUT2D eigenvalue weighted by atomic mass is 9.99. The van der Waals surface area contributed by atoms with Crippen molar-refractivity contribution in [2.45, 2.75) is 12.5 Å². The molecule has 4 heteroatoms. The molecule has 1 N–H and O–H groups in total. The molecule has 2 rings (SSSR count). The molecule has 0 aliphatic rings. The number of likely N-dealkylation sites (N-methyl/N-ethyl adjacent to an activating group) is 1. The zero-order valence-corrected chi connectivity index (χ0v) is 14.7. The molecule has 1 atom stereocenters. The fraction of sp³-hybridized carbons (Fsp3) is 0.250. The Morgan fingerprint density at radius 1 is 1.10 bits per heavy atom. The highest BCUT2D eigenvalue weighted by atomic mass is 79.9. The summed E-state index contributed by atoms with van der Waals surface area (Å²) in [6, 6.07) is 14.8. The van der Waals surface area contributed by atoms with Gasteiger partial charge in [-0.1, -0.05) is 40.2 Å². The first-order valence-electron chi connectivity index (χ1n) is 6.39. The van der Waals surface area contributed by atoms with Crippen molar-refractivity contribution in [1.29, 1.82) is 0 Å². The lowest BCUT2D eigenvalue weighted by molar-refractivity contribution is 0.412. The molecule has 0 saturated carbocycles. The Kier molecular flexibility index (Phi) is 5.64. The number of hydrogen-bond donors (Lipinski definition) is 1. The number of methoxy groups -OCH3 is 1. The molecule has 0 saturated heterocycles. The van der Waals surface area contributed by atoms with E-state index in [9.17, 15) is 0 Å². The normalized spacial score (nSPS) is 12.2. The van der Waals surface area contributed by atoms with E-state index in [0.717, 1.165) is 21.1 Å². The molecule has 0 radical (unpaired) electrons. The smallest absolute Gasteiger partial charge is 0.133 e. The molecule has 106 valence electrons. The second-order valence-electron chi connectivity index (χ2n) is 4.54. The van der Waals surface area contributed by atoms with Gasteiger partial charge < -0.3 is 10.1 Å². The third-order valence-electron chi connectivity index (χ3n) is 3.29. The highest BCUT2D eigenvalue weighted by molar-refractivity contribution is 9.10. The van der Waals surface area contributed by atoms with Gasteiger partial charge in [0.25, 0.3) is 0 Å². The SMILES string of the molecule is CNC(Cc1ccc(OC)c(Br)c1)c1ccccc1Br. The van der Waals surface area contributed by atoms with Crippen LogP contribution in [0, 0.1) is 0 Å². The zero-order valence-electron chi connectivity index (χ0n) is 11.5. The van der Waals surface area contributed by atoms with Crippen LogP contribution in [0.25, 0.3) is 0 Å². The summed E-state index contributed by atoms with van der Waals surface area (Å²) >= 11 is 7.15. The second kappa shape index (κ2) is 7.25. The third kappa shape index (κ3) is 3.62. The van der Waals surface area contributed by atoms with Crippen molar-refractivity contribution in [2.24, 2.45) is 0 Å². The van der Waals surface area contributed by atoms with Crippen LogP contribution < -0.4 is 10.1 Å². The molecule has 2 aromatic carbocycles.